The lowest BCUT2D eigenvalue weighted by Gasteiger charge is -2.26. The first-order chi connectivity index (χ1) is 18.9. The van der Waals surface area contributed by atoms with Gasteiger partial charge in [0.1, 0.15) is 5.75 Å². The summed E-state index contributed by atoms with van der Waals surface area (Å²) in [5.74, 6) is 0.186. The fourth-order valence-corrected chi connectivity index (χ4v) is 6.88. The number of para-hydroxylation sites is 1. The Morgan fingerprint density at radius 1 is 1.00 bits per heavy atom. The minimum Gasteiger partial charge on any atom is -0.497 e. The van der Waals surface area contributed by atoms with Crippen LogP contribution in [0.4, 0.5) is 5.69 Å². The van der Waals surface area contributed by atoms with E-state index in [0.29, 0.717) is 46.3 Å². The highest BCUT2D eigenvalue weighted by molar-refractivity contribution is 7.99. The molecule has 2 heterocycles. The number of nitrogens with one attached hydrogen (secondary N) is 1. The molecule has 1 aliphatic heterocycles. The second kappa shape index (κ2) is 11.6. The summed E-state index contributed by atoms with van der Waals surface area (Å²) in [6, 6.07) is 20.4. The molecule has 1 fully saturated rings. The zero-order valence-corrected chi connectivity index (χ0v) is 23.0. The molecule has 1 amide bonds. The van der Waals surface area contributed by atoms with Gasteiger partial charge in [-0.05, 0) is 55.3 Å². The van der Waals surface area contributed by atoms with Crippen molar-refractivity contribution in [3.63, 3.8) is 0 Å². The van der Waals surface area contributed by atoms with E-state index in [1.165, 1.54) is 14.9 Å². The lowest BCUT2D eigenvalue weighted by Crippen LogP contribution is -2.35. The average molecular weight is 565 g/mol. The van der Waals surface area contributed by atoms with Gasteiger partial charge in [-0.3, -0.25) is 14.2 Å². The number of methoxy groups -OCH3 is 1. The molecule has 4 aromatic rings. The highest BCUT2D eigenvalue weighted by Crippen LogP contribution is 2.25. The number of hydrogen-bond donors (Lipinski definition) is 1. The fraction of sp³-hybridized carbons (Fsp3) is 0.250. The third-order valence-corrected chi connectivity index (χ3v) is 9.29. The number of amides is 1. The Balaban J connectivity index is 1.38. The highest BCUT2D eigenvalue weighted by atomic mass is 32.2. The zero-order valence-electron chi connectivity index (χ0n) is 21.4. The number of ether oxygens (including phenoxy) is 1. The normalized spacial score (nSPS) is 14.3. The van der Waals surface area contributed by atoms with Gasteiger partial charge in [0.05, 0.1) is 34.3 Å². The molecule has 0 bridgehead atoms. The Kier molecular flexibility index (Phi) is 8.01. The van der Waals surface area contributed by atoms with Crippen LogP contribution in [0.5, 0.6) is 5.75 Å². The second-order valence-corrected chi connectivity index (χ2v) is 12.0. The van der Waals surface area contributed by atoms with E-state index >= 15 is 0 Å². The molecule has 11 heteroatoms. The van der Waals surface area contributed by atoms with Gasteiger partial charge in [-0.25, -0.2) is 13.4 Å². The molecule has 1 aromatic heterocycles. The van der Waals surface area contributed by atoms with E-state index in [2.05, 4.69) is 10.3 Å². The zero-order chi connectivity index (χ0) is 27.4. The first-order valence-electron chi connectivity index (χ1n) is 12.6. The van der Waals surface area contributed by atoms with Crippen molar-refractivity contribution >= 4 is 44.3 Å². The van der Waals surface area contributed by atoms with Crippen LogP contribution in [-0.2, 0) is 14.8 Å². The van der Waals surface area contributed by atoms with Crippen LogP contribution in [0.25, 0.3) is 16.6 Å². The molecule has 202 valence electrons. The number of fused-ring (bicyclic) bond motifs is 1. The second-order valence-electron chi connectivity index (χ2n) is 9.08. The Bertz CT molecular complexity index is 1680. The van der Waals surface area contributed by atoms with Gasteiger partial charge in [-0.2, -0.15) is 4.31 Å². The number of anilines is 1. The molecule has 0 spiro atoms. The molecule has 0 saturated carbocycles. The molecule has 1 aliphatic rings. The van der Waals surface area contributed by atoms with Crippen LogP contribution in [0.2, 0.25) is 0 Å². The van der Waals surface area contributed by atoms with Gasteiger partial charge < -0.3 is 10.1 Å². The predicted molar refractivity (Wildman–Crippen MR) is 152 cm³/mol. The number of thioether (sulfide) groups is 1. The predicted octanol–water partition coefficient (Wildman–Crippen LogP) is 4.30. The highest BCUT2D eigenvalue weighted by Gasteiger charge is 2.26. The van der Waals surface area contributed by atoms with E-state index < -0.39 is 10.0 Å². The number of hydrogen-bond acceptors (Lipinski definition) is 7. The van der Waals surface area contributed by atoms with Crippen molar-refractivity contribution in [2.24, 2.45) is 0 Å². The monoisotopic (exact) mass is 564 g/mol. The van der Waals surface area contributed by atoms with Crippen LogP contribution >= 0.6 is 11.8 Å². The number of aromatic nitrogens is 2. The minimum absolute atomic E-state index is 0.0438. The van der Waals surface area contributed by atoms with Gasteiger partial charge in [0, 0.05) is 24.8 Å². The van der Waals surface area contributed by atoms with Crippen LogP contribution in [0.3, 0.4) is 0 Å². The van der Waals surface area contributed by atoms with Gasteiger partial charge in [-0.15, -0.1) is 0 Å². The first-order valence-corrected chi connectivity index (χ1v) is 15.0. The molecular weight excluding hydrogens is 536 g/mol. The average Bonchev–Trinajstić information content (AvgIpc) is 2.97. The molecule has 9 nitrogen and oxygen atoms in total. The lowest BCUT2D eigenvalue weighted by atomic mass is 10.2. The number of sulfonamides is 1. The summed E-state index contributed by atoms with van der Waals surface area (Å²) in [5.41, 5.74) is 1.22. The number of nitrogens with zero attached hydrogens (tertiary/aromatic N) is 3. The summed E-state index contributed by atoms with van der Waals surface area (Å²) in [7, 11) is -2.08. The maximum Gasteiger partial charge on any atom is 0.266 e. The Morgan fingerprint density at radius 2 is 1.77 bits per heavy atom. The smallest absolute Gasteiger partial charge is 0.266 e. The van der Waals surface area contributed by atoms with E-state index in [9.17, 15) is 18.0 Å². The molecular formula is C28H28N4O5S2. The number of carbonyl (C=O) groups is 1. The maximum absolute atomic E-state index is 13.5. The van der Waals surface area contributed by atoms with Gasteiger partial charge >= 0.3 is 0 Å². The van der Waals surface area contributed by atoms with E-state index in [1.807, 2.05) is 0 Å². The topological polar surface area (TPSA) is 111 Å². The van der Waals surface area contributed by atoms with Gasteiger partial charge in [0.15, 0.2) is 5.16 Å². The Labute approximate surface area is 230 Å². The van der Waals surface area contributed by atoms with Crippen molar-refractivity contribution < 1.29 is 17.9 Å². The molecule has 1 N–H and O–H groups in total. The molecule has 1 saturated heterocycles. The van der Waals surface area contributed by atoms with E-state index in [4.69, 9.17) is 4.74 Å². The molecule has 0 aliphatic carbocycles. The summed E-state index contributed by atoms with van der Waals surface area (Å²) < 4.78 is 34.4. The molecule has 39 heavy (non-hydrogen) atoms. The van der Waals surface area contributed by atoms with Crippen LogP contribution in [-0.4, -0.2) is 54.1 Å². The Hall–Kier alpha value is -3.67. The molecule has 0 unspecified atom stereocenters. The van der Waals surface area contributed by atoms with Crippen LogP contribution in [0, 0.1) is 0 Å². The largest absolute Gasteiger partial charge is 0.497 e. The molecule has 5 rings (SSSR count). The quantitative estimate of drug-likeness (QED) is 0.251. The van der Waals surface area contributed by atoms with Crippen LogP contribution < -0.4 is 15.6 Å². The summed E-state index contributed by atoms with van der Waals surface area (Å²) in [5, 5.41) is 3.59. The summed E-state index contributed by atoms with van der Waals surface area (Å²) in [6.07, 6.45) is 2.71. The number of rotatable bonds is 8. The third kappa shape index (κ3) is 5.85. The van der Waals surface area contributed by atoms with Crippen molar-refractivity contribution in [3.8, 4) is 11.4 Å². The summed E-state index contributed by atoms with van der Waals surface area (Å²) in [6.45, 7) is 1.01. The third-order valence-electron chi connectivity index (χ3n) is 6.46. The first kappa shape index (κ1) is 26.9. The van der Waals surface area contributed by atoms with E-state index in [1.54, 1.807) is 73.8 Å². The molecule has 3 aromatic carbocycles. The maximum atomic E-state index is 13.5. The van der Waals surface area contributed by atoms with Crippen LogP contribution in [0.1, 0.15) is 19.3 Å². The van der Waals surface area contributed by atoms with Gasteiger partial charge in [-0.1, -0.05) is 42.4 Å². The van der Waals surface area contributed by atoms with Crippen molar-refractivity contribution in [2.45, 2.75) is 29.3 Å². The van der Waals surface area contributed by atoms with E-state index in [-0.39, 0.29) is 22.1 Å². The lowest BCUT2D eigenvalue weighted by molar-refractivity contribution is -0.113. The SMILES string of the molecule is COc1cccc(-n2c(SCC(=O)Nc3cccc(S(=O)(=O)N4CCCCC4)c3)nc3ccccc3c2=O)c1. The van der Waals surface area contributed by atoms with E-state index in [0.717, 1.165) is 31.0 Å². The number of benzene rings is 3. The van der Waals surface area contributed by atoms with Crippen molar-refractivity contribution in [3.05, 3.63) is 83.2 Å². The van der Waals surface area contributed by atoms with Gasteiger partial charge in [0.2, 0.25) is 15.9 Å². The van der Waals surface area contributed by atoms with Gasteiger partial charge in [0.25, 0.3) is 5.56 Å². The van der Waals surface area contributed by atoms with Crippen molar-refractivity contribution in [1.29, 1.82) is 0 Å². The number of piperidine rings is 1. The van der Waals surface area contributed by atoms with Crippen molar-refractivity contribution in [1.82, 2.24) is 13.9 Å². The Morgan fingerprint density at radius 3 is 2.56 bits per heavy atom. The minimum atomic E-state index is -3.62. The molecule has 0 radical (unpaired) electrons. The van der Waals surface area contributed by atoms with Crippen LogP contribution in [0.15, 0.2) is 87.6 Å². The summed E-state index contributed by atoms with van der Waals surface area (Å²) >= 11 is 1.12. The number of carbonyl (C=O) groups excluding carboxylic acids is 1. The fourth-order valence-electron chi connectivity index (χ4n) is 4.50. The van der Waals surface area contributed by atoms with Crippen molar-refractivity contribution in [2.75, 3.05) is 31.3 Å². The summed E-state index contributed by atoms with van der Waals surface area (Å²) in [4.78, 5) is 31.2. The standard InChI is InChI=1S/C28H28N4O5S2/c1-37-22-11-8-10-21(18-22)32-27(34)24-13-3-4-14-25(24)30-28(32)38-19-26(33)29-20-9-7-12-23(17-20)39(35,36)31-15-5-2-6-16-31/h3-4,7-14,17-18H,2,5-6,15-16,19H2,1H3,(H,29,33). The molecule has 0 atom stereocenters.